The first-order chi connectivity index (χ1) is 8.61. The third-order valence-corrected chi connectivity index (χ3v) is 3.56. The second-order valence-corrected chi connectivity index (χ2v) is 5.18. The van der Waals surface area contributed by atoms with E-state index in [9.17, 15) is 9.50 Å². The van der Waals surface area contributed by atoms with Crippen molar-refractivity contribution >= 4 is 11.6 Å². The number of halogens is 2. The highest BCUT2D eigenvalue weighted by molar-refractivity contribution is 6.30. The molecule has 1 aliphatic carbocycles. The van der Waals surface area contributed by atoms with Crippen molar-refractivity contribution in [3.8, 4) is 0 Å². The molecule has 2 nitrogen and oxygen atoms in total. The molecule has 2 unspecified atom stereocenters. The summed E-state index contributed by atoms with van der Waals surface area (Å²) in [5.74, 6) is 0.0119. The van der Waals surface area contributed by atoms with Gasteiger partial charge in [-0.1, -0.05) is 17.7 Å². The molecule has 1 aromatic carbocycles. The largest absolute Gasteiger partial charge is 0.390 e. The molecule has 4 heteroatoms. The van der Waals surface area contributed by atoms with E-state index in [4.69, 9.17) is 16.3 Å². The molecular weight excluding hydrogens is 255 g/mol. The fourth-order valence-electron chi connectivity index (χ4n) is 2.20. The summed E-state index contributed by atoms with van der Waals surface area (Å²) in [5.41, 5.74) is 0.745. The van der Waals surface area contributed by atoms with Crippen molar-refractivity contribution in [2.75, 3.05) is 6.61 Å². The van der Waals surface area contributed by atoms with Crippen LogP contribution in [0, 0.1) is 11.7 Å². The van der Waals surface area contributed by atoms with Crippen LogP contribution in [0.25, 0.3) is 0 Å². The van der Waals surface area contributed by atoms with E-state index >= 15 is 0 Å². The zero-order chi connectivity index (χ0) is 13.1. The van der Waals surface area contributed by atoms with Crippen molar-refractivity contribution in [3.05, 3.63) is 34.6 Å². The maximum atomic E-state index is 13.3. The van der Waals surface area contributed by atoms with E-state index in [2.05, 4.69) is 0 Å². The third-order valence-electron chi connectivity index (χ3n) is 3.25. The van der Waals surface area contributed by atoms with Gasteiger partial charge in [0.15, 0.2) is 0 Å². The summed E-state index contributed by atoms with van der Waals surface area (Å²) in [5, 5.41) is 10.3. The van der Waals surface area contributed by atoms with Crippen LogP contribution in [0.3, 0.4) is 0 Å². The van der Waals surface area contributed by atoms with Gasteiger partial charge >= 0.3 is 0 Å². The van der Waals surface area contributed by atoms with Gasteiger partial charge in [-0.05, 0) is 43.4 Å². The number of rotatable bonds is 6. The Morgan fingerprint density at radius 3 is 2.78 bits per heavy atom. The van der Waals surface area contributed by atoms with Gasteiger partial charge in [0.2, 0.25) is 0 Å². The molecule has 0 bridgehead atoms. The van der Waals surface area contributed by atoms with Crippen molar-refractivity contribution < 1.29 is 14.2 Å². The summed E-state index contributed by atoms with van der Waals surface area (Å²) in [6, 6.07) is 4.64. The average Bonchev–Trinajstić information content (AvgIpc) is 3.15. The number of aliphatic hydroxyl groups is 1. The lowest BCUT2D eigenvalue weighted by Crippen LogP contribution is -2.32. The molecule has 2 rings (SSSR count). The van der Waals surface area contributed by atoms with Crippen LogP contribution in [0.5, 0.6) is 0 Å². The quantitative estimate of drug-likeness (QED) is 0.862. The van der Waals surface area contributed by atoms with Crippen LogP contribution >= 0.6 is 11.6 Å². The molecule has 2 atom stereocenters. The van der Waals surface area contributed by atoms with E-state index in [1.165, 1.54) is 12.1 Å². The van der Waals surface area contributed by atoms with E-state index in [0.717, 1.165) is 18.4 Å². The zero-order valence-corrected chi connectivity index (χ0v) is 11.2. The van der Waals surface area contributed by atoms with Crippen LogP contribution < -0.4 is 0 Å². The molecule has 18 heavy (non-hydrogen) atoms. The molecule has 0 aliphatic heterocycles. The van der Waals surface area contributed by atoms with Crippen LogP contribution in [0.2, 0.25) is 5.02 Å². The normalized spacial score (nSPS) is 18.7. The second-order valence-electron chi connectivity index (χ2n) is 4.78. The Kier molecular flexibility index (Phi) is 4.60. The Balaban J connectivity index is 2.00. The lowest BCUT2D eigenvalue weighted by molar-refractivity contribution is -0.0439. The highest BCUT2D eigenvalue weighted by Gasteiger charge is 2.36. The van der Waals surface area contributed by atoms with Crippen molar-refractivity contribution in [1.82, 2.24) is 0 Å². The van der Waals surface area contributed by atoms with Gasteiger partial charge in [0.1, 0.15) is 5.82 Å². The van der Waals surface area contributed by atoms with Crippen LogP contribution in [-0.4, -0.2) is 23.9 Å². The van der Waals surface area contributed by atoms with Crippen molar-refractivity contribution in [2.45, 2.75) is 38.4 Å². The minimum Gasteiger partial charge on any atom is -0.390 e. The fourth-order valence-corrected chi connectivity index (χ4v) is 2.32. The van der Waals surface area contributed by atoms with Gasteiger partial charge in [0.05, 0.1) is 17.2 Å². The molecule has 0 aromatic heterocycles. The minimum absolute atomic E-state index is 0.108. The molecule has 0 heterocycles. The molecule has 1 aromatic rings. The SMILES string of the molecule is CCOC(C(O)Cc1ccc(Cl)c(F)c1)C1CC1. The number of ether oxygens (including phenoxy) is 1. The summed E-state index contributed by atoms with van der Waals surface area (Å²) in [6.45, 7) is 2.51. The highest BCUT2D eigenvalue weighted by Crippen LogP contribution is 2.36. The van der Waals surface area contributed by atoms with Gasteiger partial charge in [-0.3, -0.25) is 0 Å². The first kappa shape index (κ1) is 13.8. The predicted molar refractivity (Wildman–Crippen MR) is 69.3 cm³/mol. The Morgan fingerprint density at radius 2 is 2.22 bits per heavy atom. The highest BCUT2D eigenvalue weighted by atomic mass is 35.5. The summed E-state index contributed by atoms with van der Waals surface area (Å²) >= 11 is 5.63. The Bertz CT molecular complexity index is 407. The maximum absolute atomic E-state index is 13.3. The molecule has 0 spiro atoms. The van der Waals surface area contributed by atoms with Crippen molar-refractivity contribution in [1.29, 1.82) is 0 Å². The second kappa shape index (κ2) is 6.00. The third kappa shape index (κ3) is 3.44. The zero-order valence-electron chi connectivity index (χ0n) is 10.4. The number of hydrogen-bond donors (Lipinski definition) is 1. The van der Waals surface area contributed by atoms with Gasteiger partial charge in [0, 0.05) is 13.0 Å². The molecular formula is C14H18ClFO2. The smallest absolute Gasteiger partial charge is 0.142 e. The lowest BCUT2D eigenvalue weighted by atomic mass is 10.0. The first-order valence-corrected chi connectivity index (χ1v) is 6.73. The molecule has 1 saturated carbocycles. The summed E-state index contributed by atoms with van der Waals surface area (Å²) < 4.78 is 18.9. The molecule has 0 amide bonds. The van der Waals surface area contributed by atoms with E-state index in [1.807, 2.05) is 6.92 Å². The lowest BCUT2D eigenvalue weighted by Gasteiger charge is -2.22. The predicted octanol–water partition coefficient (Wildman–Crippen LogP) is 3.20. The van der Waals surface area contributed by atoms with Crippen molar-refractivity contribution in [2.24, 2.45) is 5.92 Å². The molecule has 0 radical (unpaired) electrons. The number of aliphatic hydroxyl groups excluding tert-OH is 1. The van der Waals surface area contributed by atoms with Crippen LogP contribution in [0.15, 0.2) is 18.2 Å². The van der Waals surface area contributed by atoms with Crippen molar-refractivity contribution in [3.63, 3.8) is 0 Å². The topological polar surface area (TPSA) is 29.5 Å². The molecule has 1 fully saturated rings. The van der Waals surface area contributed by atoms with Gasteiger partial charge in [-0.25, -0.2) is 4.39 Å². The monoisotopic (exact) mass is 272 g/mol. The summed E-state index contributed by atoms with van der Waals surface area (Å²) in [7, 11) is 0. The summed E-state index contributed by atoms with van der Waals surface area (Å²) in [4.78, 5) is 0. The van der Waals surface area contributed by atoms with Crippen LogP contribution in [-0.2, 0) is 11.2 Å². The molecule has 1 aliphatic rings. The van der Waals surface area contributed by atoms with Crippen LogP contribution in [0.1, 0.15) is 25.3 Å². The standard InChI is InChI=1S/C14H18ClFO2/c1-2-18-14(10-4-5-10)13(17)8-9-3-6-11(15)12(16)7-9/h3,6-7,10,13-14,17H,2,4-5,8H2,1H3. The van der Waals surface area contributed by atoms with E-state index in [1.54, 1.807) is 6.07 Å². The Labute approximate surface area is 112 Å². The Hall–Kier alpha value is -0.640. The first-order valence-electron chi connectivity index (χ1n) is 6.35. The fraction of sp³-hybridized carbons (Fsp3) is 0.571. The van der Waals surface area contributed by atoms with Gasteiger partial charge in [-0.15, -0.1) is 0 Å². The molecule has 100 valence electrons. The average molecular weight is 273 g/mol. The molecule has 0 saturated heterocycles. The van der Waals surface area contributed by atoms with Gasteiger partial charge in [-0.2, -0.15) is 0 Å². The van der Waals surface area contributed by atoms with Gasteiger partial charge < -0.3 is 9.84 Å². The van der Waals surface area contributed by atoms with Gasteiger partial charge in [0.25, 0.3) is 0 Å². The Morgan fingerprint density at radius 1 is 1.50 bits per heavy atom. The minimum atomic E-state index is -0.585. The number of benzene rings is 1. The maximum Gasteiger partial charge on any atom is 0.142 e. The number of hydrogen-bond acceptors (Lipinski definition) is 2. The van der Waals surface area contributed by atoms with E-state index in [-0.39, 0.29) is 11.1 Å². The molecule has 1 N–H and O–H groups in total. The van der Waals surface area contributed by atoms with E-state index in [0.29, 0.717) is 18.9 Å². The van der Waals surface area contributed by atoms with E-state index < -0.39 is 11.9 Å². The summed E-state index contributed by atoms with van der Waals surface area (Å²) in [6.07, 6.45) is 1.90. The van der Waals surface area contributed by atoms with Crippen LogP contribution in [0.4, 0.5) is 4.39 Å².